The van der Waals surface area contributed by atoms with Gasteiger partial charge in [-0.3, -0.25) is 4.79 Å². The van der Waals surface area contributed by atoms with E-state index in [4.69, 9.17) is 4.74 Å². The molecule has 4 nitrogen and oxygen atoms in total. The summed E-state index contributed by atoms with van der Waals surface area (Å²) in [6, 6.07) is 6.67. The topological polar surface area (TPSA) is 58.6 Å². The van der Waals surface area contributed by atoms with Crippen molar-refractivity contribution < 1.29 is 14.6 Å². The van der Waals surface area contributed by atoms with Gasteiger partial charge in [0.05, 0.1) is 6.61 Å². The molecule has 0 aromatic heterocycles. The predicted octanol–water partition coefficient (Wildman–Crippen LogP) is 4.60. The maximum atomic E-state index is 12.1. The van der Waals surface area contributed by atoms with Crippen LogP contribution in [0.4, 0.5) is 0 Å². The molecule has 4 heteroatoms. The van der Waals surface area contributed by atoms with Crippen LogP contribution in [0.25, 0.3) is 0 Å². The summed E-state index contributed by atoms with van der Waals surface area (Å²) in [5.41, 5.74) is 1.01. The molecule has 0 aliphatic carbocycles. The van der Waals surface area contributed by atoms with Gasteiger partial charge in [-0.2, -0.15) is 0 Å². The summed E-state index contributed by atoms with van der Waals surface area (Å²) in [4.78, 5) is 12.1. The molecule has 0 aliphatic rings. The van der Waals surface area contributed by atoms with Gasteiger partial charge < -0.3 is 15.2 Å². The van der Waals surface area contributed by atoms with Crippen molar-refractivity contribution in [3.05, 3.63) is 29.8 Å². The lowest BCUT2D eigenvalue weighted by molar-refractivity contribution is -0.145. The second kappa shape index (κ2) is 13.7. The zero-order valence-corrected chi connectivity index (χ0v) is 15.9. The molecule has 25 heavy (non-hydrogen) atoms. The van der Waals surface area contributed by atoms with E-state index >= 15 is 0 Å². The zero-order chi connectivity index (χ0) is 18.3. The largest absolute Gasteiger partial charge is 0.508 e. The highest BCUT2D eigenvalue weighted by Crippen LogP contribution is 2.12. The summed E-state index contributed by atoms with van der Waals surface area (Å²) in [5.74, 6) is 0.0403. The van der Waals surface area contributed by atoms with Crippen molar-refractivity contribution in [2.24, 2.45) is 0 Å². The average molecular weight is 350 g/mol. The molecular formula is C21H35NO3. The summed E-state index contributed by atoms with van der Waals surface area (Å²) < 4.78 is 5.18. The fourth-order valence-corrected chi connectivity index (χ4v) is 2.88. The molecular weight excluding hydrogens is 314 g/mol. The molecule has 0 fully saturated rings. The Hall–Kier alpha value is -1.55. The second-order valence-electron chi connectivity index (χ2n) is 6.60. The number of nitrogens with one attached hydrogen (secondary N) is 1. The lowest BCUT2D eigenvalue weighted by atomic mass is 10.1. The minimum Gasteiger partial charge on any atom is -0.508 e. The number of benzene rings is 1. The molecule has 1 aromatic rings. The molecule has 1 rings (SSSR count). The number of carbonyl (C=O) groups excluding carboxylic acids is 1. The van der Waals surface area contributed by atoms with Gasteiger partial charge in [0.15, 0.2) is 0 Å². The number of rotatable bonds is 14. The number of unbranched alkanes of at least 4 members (excludes halogenated alkanes) is 7. The van der Waals surface area contributed by atoms with Crippen LogP contribution in [0.15, 0.2) is 24.3 Å². The summed E-state index contributed by atoms with van der Waals surface area (Å²) in [5, 5.41) is 12.7. The Balaban J connectivity index is 2.29. The number of phenolic OH excluding ortho intramolecular Hbond substituents is 1. The van der Waals surface area contributed by atoms with Gasteiger partial charge in [-0.1, -0.05) is 64.0 Å². The first-order chi connectivity index (χ1) is 12.2. The van der Waals surface area contributed by atoms with Gasteiger partial charge in [0.25, 0.3) is 0 Å². The number of carbonyl (C=O) groups is 1. The van der Waals surface area contributed by atoms with Gasteiger partial charge in [0.1, 0.15) is 11.8 Å². The van der Waals surface area contributed by atoms with Crippen molar-refractivity contribution in [1.29, 1.82) is 0 Å². The Morgan fingerprint density at radius 2 is 1.60 bits per heavy atom. The first-order valence-electron chi connectivity index (χ1n) is 9.85. The van der Waals surface area contributed by atoms with Crippen LogP contribution in [0.5, 0.6) is 5.75 Å². The first kappa shape index (κ1) is 21.5. The summed E-state index contributed by atoms with van der Waals surface area (Å²) in [6.07, 6.45) is 10.8. The Morgan fingerprint density at radius 1 is 1.00 bits per heavy atom. The maximum absolute atomic E-state index is 12.1. The van der Waals surface area contributed by atoms with Gasteiger partial charge in [-0.25, -0.2) is 0 Å². The van der Waals surface area contributed by atoms with Crippen LogP contribution in [-0.2, 0) is 16.0 Å². The standard InChI is InChI=1S/C21H35NO3/c1-3-5-6-7-8-9-10-11-16-22-20(21(24)25-4-2)17-18-12-14-19(23)15-13-18/h12-15,20,22-23H,3-11,16-17H2,1-2H3/t20-/m0/s1. The Morgan fingerprint density at radius 3 is 2.20 bits per heavy atom. The van der Waals surface area contributed by atoms with Crippen LogP contribution < -0.4 is 5.32 Å². The molecule has 2 N–H and O–H groups in total. The van der Waals surface area contributed by atoms with Crippen LogP contribution >= 0.6 is 0 Å². The van der Waals surface area contributed by atoms with Crippen molar-refractivity contribution in [2.45, 2.75) is 77.7 Å². The monoisotopic (exact) mass is 349 g/mol. The summed E-state index contributed by atoms with van der Waals surface area (Å²) in [6.45, 7) is 5.29. The van der Waals surface area contributed by atoms with E-state index in [9.17, 15) is 9.90 Å². The van der Waals surface area contributed by atoms with Gasteiger partial charge in [-0.15, -0.1) is 0 Å². The molecule has 0 saturated heterocycles. The SMILES string of the molecule is CCCCCCCCCCN[C@@H](Cc1ccc(O)cc1)C(=O)OCC. The molecule has 0 saturated carbocycles. The molecule has 0 unspecified atom stereocenters. The smallest absolute Gasteiger partial charge is 0.323 e. The number of phenols is 1. The molecule has 0 aliphatic heterocycles. The molecule has 1 aromatic carbocycles. The number of hydrogen-bond donors (Lipinski definition) is 2. The minimum absolute atomic E-state index is 0.199. The molecule has 0 amide bonds. The number of esters is 1. The number of aromatic hydroxyl groups is 1. The van der Waals surface area contributed by atoms with Gasteiger partial charge >= 0.3 is 5.97 Å². The number of hydrogen-bond acceptors (Lipinski definition) is 4. The van der Waals surface area contributed by atoms with Crippen molar-refractivity contribution >= 4 is 5.97 Å². The van der Waals surface area contributed by atoms with Crippen LogP contribution in [0.2, 0.25) is 0 Å². The zero-order valence-electron chi connectivity index (χ0n) is 15.9. The van der Waals surface area contributed by atoms with Crippen molar-refractivity contribution in [1.82, 2.24) is 5.32 Å². The van der Waals surface area contributed by atoms with Gasteiger partial charge in [-0.05, 0) is 44.0 Å². The van der Waals surface area contributed by atoms with Crippen molar-refractivity contribution in [2.75, 3.05) is 13.2 Å². The Labute approximate surface area is 153 Å². The van der Waals surface area contributed by atoms with E-state index in [0.717, 1.165) is 18.5 Å². The highest BCUT2D eigenvalue weighted by atomic mass is 16.5. The van der Waals surface area contributed by atoms with E-state index in [-0.39, 0.29) is 17.8 Å². The lowest BCUT2D eigenvalue weighted by Gasteiger charge is -2.17. The second-order valence-corrected chi connectivity index (χ2v) is 6.60. The highest BCUT2D eigenvalue weighted by Gasteiger charge is 2.19. The van der Waals surface area contributed by atoms with E-state index < -0.39 is 0 Å². The first-order valence-corrected chi connectivity index (χ1v) is 9.85. The Kier molecular flexibility index (Phi) is 11.8. The van der Waals surface area contributed by atoms with E-state index in [1.54, 1.807) is 12.1 Å². The van der Waals surface area contributed by atoms with Gasteiger partial charge in [0.2, 0.25) is 0 Å². The molecule has 0 spiro atoms. The molecule has 0 heterocycles. The fourth-order valence-electron chi connectivity index (χ4n) is 2.88. The minimum atomic E-state index is -0.325. The average Bonchev–Trinajstić information content (AvgIpc) is 2.61. The van der Waals surface area contributed by atoms with E-state index in [1.165, 1.54) is 44.9 Å². The van der Waals surface area contributed by atoms with Crippen molar-refractivity contribution in [3.63, 3.8) is 0 Å². The van der Waals surface area contributed by atoms with E-state index in [0.29, 0.717) is 13.0 Å². The fraction of sp³-hybridized carbons (Fsp3) is 0.667. The van der Waals surface area contributed by atoms with Crippen LogP contribution in [-0.4, -0.2) is 30.3 Å². The maximum Gasteiger partial charge on any atom is 0.323 e. The quantitative estimate of drug-likeness (QED) is 0.381. The summed E-state index contributed by atoms with van der Waals surface area (Å²) in [7, 11) is 0. The van der Waals surface area contributed by atoms with E-state index in [1.807, 2.05) is 19.1 Å². The Bertz CT molecular complexity index is 459. The lowest BCUT2D eigenvalue weighted by Crippen LogP contribution is -2.40. The van der Waals surface area contributed by atoms with Crippen molar-refractivity contribution in [3.8, 4) is 5.75 Å². The third-order valence-electron chi connectivity index (χ3n) is 4.37. The van der Waals surface area contributed by atoms with Crippen LogP contribution in [0.1, 0.15) is 70.8 Å². The molecule has 1 atom stereocenters. The van der Waals surface area contributed by atoms with Crippen LogP contribution in [0, 0.1) is 0 Å². The van der Waals surface area contributed by atoms with E-state index in [2.05, 4.69) is 12.2 Å². The summed E-state index contributed by atoms with van der Waals surface area (Å²) >= 11 is 0. The molecule has 0 radical (unpaired) electrons. The van der Waals surface area contributed by atoms with Gasteiger partial charge in [0, 0.05) is 0 Å². The third-order valence-corrected chi connectivity index (χ3v) is 4.37. The van der Waals surface area contributed by atoms with Crippen LogP contribution in [0.3, 0.4) is 0 Å². The third kappa shape index (κ3) is 10.1. The predicted molar refractivity (Wildman–Crippen MR) is 103 cm³/mol. The highest BCUT2D eigenvalue weighted by molar-refractivity contribution is 5.76. The number of ether oxygens (including phenoxy) is 1. The molecule has 142 valence electrons. The molecule has 0 bridgehead atoms. The normalized spacial score (nSPS) is 12.1.